The van der Waals surface area contributed by atoms with E-state index in [2.05, 4.69) is 10.1 Å². The van der Waals surface area contributed by atoms with Gasteiger partial charge in [-0.25, -0.2) is 4.39 Å². The molecule has 1 aromatic carbocycles. The van der Waals surface area contributed by atoms with Crippen molar-refractivity contribution >= 4 is 17.6 Å². The molecule has 0 spiro atoms. The van der Waals surface area contributed by atoms with Crippen molar-refractivity contribution in [1.29, 1.82) is 0 Å². The van der Waals surface area contributed by atoms with Crippen LogP contribution in [-0.4, -0.2) is 43.5 Å². The first-order valence-electron chi connectivity index (χ1n) is 6.39. The molecule has 0 heterocycles. The monoisotopic (exact) mass is 282 g/mol. The number of rotatable bonds is 7. The number of hydrogen-bond donors (Lipinski definition) is 1. The lowest BCUT2D eigenvalue weighted by molar-refractivity contribution is -0.141. The lowest BCUT2D eigenvalue weighted by Crippen LogP contribution is -2.34. The highest BCUT2D eigenvalue weighted by atomic mass is 19.1. The zero-order chi connectivity index (χ0) is 15.0. The molecule has 0 saturated carbocycles. The maximum Gasteiger partial charge on any atom is 0.306 e. The number of esters is 1. The molecule has 0 aromatic heterocycles. The van der Waals surface area contributed by atoms with Gasteiger partial charge in [-0.3, -0.25) is 14.5 Å². The minimum absolute atomic E-state index is 0.171. The first kappa shape index (κ1) is 16.1. The second-order valence-corrected chi connectivity index (χ2v) is 4.25. The molecule has 6 heteroatoms. The summed E-state index contributed by atoms with van der Waals surface area (Å²) in [5.41, 5.74) is 0.542. The number of anilines is 1. The van der Waals surface area contributed by atoms with Crippen molar-refractivity contribution in [2.45, 2.75) is 13.3 Å². The average Bonchev–Trinajstić information content (AvgIpc) is 2.45. The zero-order valence-corrected chi connectivity index (χ0v) is 11.7. The van der Waals surface area contributed by atoms with Crippen molar-refractivity contribution in [3.05, 3.63) is 30.1 Å². The molecule has 0 aliphatic heterocycles. The Kier molecular flexibility index (Phi) is 6.66. The summed E-state index contributed by atoms with van der Waals surface area (Å²) in [6.45, 7) is 3.18. The summed E-state index contributed by atoms with van der Waals surface area (Å²) in [7, 11) is 1.33. The standard InChI is InChI=1S/C14H19FN2O3/c1-3-17(9-8-14(19)20-2)10-13(18)16-12-6-4-11(15)5-7-12/h4-7H,3,8-10H2,1-2H3,(H,16,18). The molecule has 0 fully saturated rings. The molecular weight excluding hydrogens is 263 g/mol. The molecule has 0 radical (unpaired) electrons. The normalized spacial score (nSPS) is 10.4. The molecule has 0 aliphatic rings. The fourth-order valence-corrected chi connectivity index (χ4v) is 1.64. The molecule has 0 saturated heterocycles. The molecule has 1 amide bonds. The smallest absolute Gasteiger partial charge is 0.306 e. The molecule has 0 unspecified atom stereocenters. The van der Waals surface area contributed by atoms with Gasteiger partial charge in [0.25, 0.3) is 0 Å². The van der Waals surface area contributed by atoms with E-state index in [4.69, 9.17) is 0 Å². The third-order valence-electron chi connectivity index (χ3n) is 2.80. The van der Waals surface area contributed by atoms with Crippen LogP contribution in [0.1, 0.15) is 13.3 Å². The molecule has 1 aromatic rings. The van der Waals surface area contributed by atoms with Crippen LogP contribution < -0.4 is 5.32 Å². The molecule has 110 valence electrons. The summed E-state index contributed by atoms with van der Waals surface area (Å²) in [4.78, 5) is 24.7. The van der Waals surface area contributed by atoms with Gasteiger partial charge in [-0.1, -0.05) is 6.92 Å². The van der Waals surface area contributed by atoms with E-state index in [-0.39, 0.29) is 30.7 Å². The Morgan fingerprint density at radius 2 is 1.95 bits per heavy atom. The van der Waals surface area contributed by atoms with Gasteiger partial charge in [0.2, 0.25) is 5.91 Å². The highest BCUT2D eigenvalue weighted by molar-refractivity contribution is 5.92. The predicted molar refractivity (Wildman–Crippen MR) is 73.8 cm³/mol. The fourth-order valence-electron chi connectivity index (χ4n) is 1.64. The Hall–Kier alpha value is -1.95. The molecule has 1 N–H and O–H groups in total. The van der Waals surface area contributed by atoms with Gasteiger partial charge in [0.15, 0.2) is 0 Å². The van der Waals surface area contributed by atoms with Crippen LogP contribution in [0.5, 0.6) is 0 Å². The largest absolute Gasteiger partial charge is 0.469 e. The number of ether oxygens (including phenoxy) is 1. The van der Waals surface area contributed by atoms with Crippen LogP contribution in [0.2, 0.25) is 0 Å². The maximum atomic E-state index is 12.7. The minimum Gasteiger partial charge on any atom is -0.469 e. The van der Waals surface area contributed by atoms with Crippen molar-refractivity contribution in [2.24, 2.45) is 0 Å². The van der Waals surface area contributed by atoms with Crippen LogP contribution in [0.3, 0.4) is 0 Å². The number of nitrogens with zero attached hydrogens (tertiary/aromatic N) is 1. The van der Waals surface area contributed by atoms with Gasteiger partial charge in [-0.2, -0.15) is 0 Å². The van der Waals surface area contributed by atoms with Crippen LogP contribution in [0.4, 0.5) is 10.1 Å². The lowest BCUT2D eigenvalue weighted by atomic mass is 10.3. The van der Waals surface area contributed by atoms with E-state index in [9.17, 15) is 14.0 Å². The number of amides is 1. The molecule has 1 rings (SSSR count). The number of nitrogens with one attached hydrogen (secondary N) is 1. The van der Waals surface area contributed by atoms with Gasteiger partial charge < -0.3 is 10.1 Å². The number of carbonyl (C=O) groups excluding carboxylic acids is 2. The number of benzene rings is 1. The van der Waals surface area contributed by atoms with Crippen molar-refractivity contribution in [2.75, 3.05) is 32.1 Å². The van der Waals surface area contributed by atoms with E-state index in [0.717, 1.165) is 0 Å². The number of carbonyl (C=O) groups is 2. The van der Waals surface area contributed by atoms with Crippen molar-refractivity contribution in [3.63, 3.8) is 0 Å². The molecule has 0 atom stereocenters. The highest BCUT2D eigenvalue weighted by Crippen LogP contribution is 2.08. The Balaban J connectivity index is 2.42. The van der Waals surface area contributed by atoms with Crippen LogP contribution in [0, 0.1) is 5.82 Å². The summed E-state index contributed by atoms with van der Waals surface area (Å²) < 4.78 is 17.3. The van der Waals surface area contributed by atoms with E-state index < -0.39 is 0 Å². The Labute approximate surface area is 117 Å². The van der Waals surface area contributed by atoms with E-state index in [1.165, 1.54) is 31.4 Å². The Morgan fingerprint density at radius 1 is 1.30 bits per heavy atom. The van der Waals surface area contributed by atoms with Gasteiger partial charge in [-0.15, -0.1) is 0 Å². The third kappa shape index (κ3) is 5.79. The fraction of sp³-hybridized carbons (Fsp3) is 0.429. The highest BCUT2D eigenvalue weighted by Gasteiger charge is 2.11. The summed E-state index contributed by atoms with van der Waals surface area (Å²) in [6.07, 6.45) is 0.244. The molecule has 0 bridgehead atoms. The van der Waals surface area contributed by atoms with Crippen molar-refractivity contribution in [3.8, 4) is 0 Å². The van der Waals surface area contributed by atoms with Gasteiger partial charge in [0, 0.05) is 12.2 Å². The van der Waals surface area contributed by atoms with Crippen LogP contribution in [0.15, 0.2) is 24.3 Å². The van der Waals surface area contributed by atoms with Gasteiger partial charge >= 0.3 is 5.97 Å². The van der Waals surface area contributed by atoms with Crippen LogP contribution in [0.25, 0.3) is 0 Å². The number of halogens is 1. The summed E-state index contributed by atoms with van der Waals surface area (Å²) >= 11 is 0. The van der Waals surface area contributed by atoms with Gasteiger partial charge in [-0.05, 0) is 30.8 Å². The van der Waals surface area contributed by atoms with E-state index >= 15 is 0 Å². The van der Waals surface area contributed by atoms with E-state index in [1.807, 2.05) is 11.8 Å². The van der Waals surface area contributed by atoms with E-state index in [1.54, 1.807) is 0 Å². The zero-order valence-electron chi connectivity index (χ0n) is 11.7. The summed E-state index contributed by atoms with van der Waals surface area (Å²) in [5.74, 6) is -0.859. The average molecular weight is 282 g/mol. The quantitative estimate of drug-likeness (QED) is 0.773. The van der Waals surface area contributed by atoms with Gasteiger partial charge in [0.1, 0.15) is 5.82 Å². The first-order chi connectivity index (χ1) is 9.55. The Bertz CT molecular complexity index is 448. The van der Waals surface area contributed by atoms with Crippen molar-refractivity contribution < 1.29 is 18.7 Å². The first-order valence-corrected chi connectivity index (χ1v) is 6.39. The predicted octanol–water partition coefficient (Wildman–Crippen LogP) is 1.65. The molecular formula is C14H19FN2O3. The topological polar surface area (TPSA) is 58.6 Å². The number of hydrogen-bond acceptors (Lipinski definition) is 4. The van der Waals surface area contributed by atoms with Crippen LogP contribution >= 0.6 is 0 Å². The summed E-state index contributed by atoms with van der Waals surface area (Å²) in [5, 5.41) is 2.67. The Morgan fingerprint density at radius 3 is 2.50 bits per heavy atom. The number of likely N-dealkylation sites (N-methyl/N-ethyl adjacent to an activating group) is 1. The maximum absolute atomic E-state index is 12.7. The lowest BCUT2D eigenvalue weighted by Gasteiger charge is -2.19. The van der Waals surface area contributed by atoms with Crippen molar-refractivity contribution in [1.82, 2.24) is 4.90 Å². The van der Waals surface area contributed by atoms with E-state index in [0.29, 0.717) is 18.8 Å². The minimum atomic E-state index is -0.351. The third-order valence-corrected chi connectivity index (χ3v) is 2.80. The second-order valence-electron chi connectivity index (χ2n) is 4.25. The SMILES string of the molecule is CCN(CCC(=O)OC)CC(=O)Nc1ccc(F)cc1. The van der Waals surface area contributed by atoms with Crippen LogP contribution in [-0.2, 0) is 14.3 Å². The van der Waals surface area contributed by atoms with Gasteiger partial charge in [0.05, 0.1) is 20.1 Å². The molecule has 5 nitrogen and oxygen atoms in total. The molecule has 0 aliphatic carbocycles. The number of methoxy groups -OCH3 is 1. The summed E-state index contributed by atoms with van der Waals surface area (Å²) in [6, 6.07) is 5.56. The second kappa shape index (κ2) is 8.27. The molecule has 20 heavy (non-hydrogen) atoms.